The van der Waals surface area contributed by atoms with Gasteiger partial charge in [0.1, 0.15) is 17.3 Å². The van der Waals surface area contributed by atoms with E-state index >= 15 is 0 Å². The van der Waals surface area contributed by atoms with Gasteiger partial charge in [-0.25, -0.2) is 12.8 Å². The number of hydrogen-bond acceptors (Lipinski definition) is 4. The fourth-order valence-electron chi connectivity index (χ4n) is 2.90. The Balaban J connectivity index is 2.13. The molecule has 0 radical (unpaired) electrons. The van der Waals surface area contributed by atoms with E-state index < -0.39 is 10.0 Å². The fourth-order valence-corrected chi connectivity index (χ4v) is 4.73. The number of aromatic nitrogens is 2. The third-order valence-electron chi connectivity index (χ3n) is 4.31. The average Bonchev–Trinajstić information content (AvgIpc) is 2.89. The van der Waals surface area contributed by atoms with E-state index in [1.54, 1.807) is 39.8 Å². The standard InChI is InChI=1S/C18H25FN4O3S/c1-5-22(6-2)27(25,26)18-13(3)21-23(14(18)4)12-17(24)20-11-15-7-9-16(19)10-8-15/h7-10H,5-6,11-12H2,1-4H3,(H,20,24). The zero-order valence-electron chi connectivity index (χ0n) is 16.0. The summed E-state index contributed by atoms with van der Waals surface area (Å²) in [4.78, 5) is 12.4. The van der Waals surface area contributed by atoms with Gasteiger partial charge in [0.05, 0.1) is 11.4 Å². The second-order valence-corrected chi connectivity index (χ2v) is 8.02. The Morgan fingerprint density at radius 2 is 1.78 bits per heavy atom. The molecule has 2 aromatic rings. The second-order valence-electron chi connectivity index (χ2n) is 6.15. The van der Waals surface area contributed by atoms with Crippen molar-refractivity contribution in [3.63, 3.8) is 0 Å². The van der Waals surface area contributed by atoms with Crippen LogP contribution in [0.2, 0.25) is 0 Å². The Morgan fingerprint density at radius 3 is 2.33 bits per heavy atom. The van der Waals surface area contributed by atoms with E-state index in [0.29, 0.717) is 24.5 Å². The number of amides is 1. The van der Waals surface area contributed by atoms with Crippen LogP contribution in [0, 0.1) is 19.7 Å². The van der Waals surface area contributed by atoms with Crippen molar-refractivity contribution in [2.45, 2.75) is 45.7 Å². The van der Waals surface area contributed by atoms with Crippen LogP contribution in [0.4, 0.5) is 4.39 Å². The lowest BCUT2D eigenvalue weighted by molar-refractivity contribution is -0.122. The summed E-state index contributed by atoms with van der Waals surface area (Å²) in [5.41, 5.74) is 1.56. The maximum Gasteiger partial charge on any atom is 0.246 e. The summed E-state index contributed by atoms with van der Waals surface area (Å²) >= 11 is 0. The number of aryl methyl sites for hydroxylation is 1. The van der Waals surface area contributed by atoms with E-state index in [4.69, 9.17) is 0 Å². The van der Waals surface area contributed by atoms with Crippen molar-refractivity contribution in [1.29, 1.82) is 0 Å². The summed E-state index contributed by atoms with van der Waals surface area (Å²) in [6.07, 6.45) is 0. The molecular formula is C18H25FN4O3S. The van der Waals surface area contributed by atoms with Crippen molar-refractivity contribution >= 4 is 15.9 Å². The number of sulfonamides is 1. The minimum Gasteiger partial charge on any atom is -0.350 e. The van der Waals surface area contributed by atoms with Gasteiger partial charge in [0.2, 0.25) is 15.9 Å². The number of rotatable bonds is 8. The van der Waals surface area contributed by atoms with Gasteiger partial charge in [-0.1, -0.05) is 26.0 Å². The minimum atomic E-state index is -3.65. The number of carbonyl (C=O) groups is 1. The van der Waals surface area contributed by atoms with Gasteiger partial charge in [-0.2, -0.15) is 9.40 Å². The van der Waals surface area contributed by atoms with Gasteiger partial charge in [0.25, 0.3) is 0 Å². The van der Waals surface area contributed by atoms with Crippen LogP contribution in [-0.2, 0) is 27.9 Å². The van der Waals surface area contributed by atoms with Gasteiger partial charge in [0, 0.05) is 19.6 Å². The summed E-state index contributed by atoms with van der Waals surface area (Å²) in [6, 6.07) is 5.83. The van der Waals surface area contributed by atoms with Crippen molar-refractivity contribution in [1.82, 2.24) is 19.4 Å². The second kappa shape index (κ2) is 8.62. The molecule has 0 atom stereocenters. The van der Waals surface area contributed by atoms with E-state index in [-0.39, 0.29) is 29.7 Å². The lowest BCUT2D eigenvalue weighted by Crippen LogP contribution is -2.31. The van der Waals surface area contributed by atoms with Gasteiger partial charge in [0.15, 0.2) is 0 Å². The van der Waals surface area contributed by atoms with Gasteiger partial charge < -0.3 is 5.32 Å². The Bertz CT molecular complexity index is 903. The zero-order valence-corrected chi connectivity index (χ0v) is 16.8. The molecule has 0 fully saturated rings. The summed E-state index contributed by atoms with van der Waals surface area (Å²) in [5.74, 6) is -0.647. The van der Waals surface area contributed by atoms with Crippen LogP contribution < -0.4 is 5.32 Å². The van der Waals surface area contributed by atoms with Crippen molar-refractivity contribution < 1.29 is 17.6 Å². The highest BCUT2D eigenvalue weighted by Gasteiger charge is 2.29. The quantitative estimate of drug-likeness (QED) is 0.740. The zero-order chi connectivity index (χ0) is 20.2. The Labute approximate surface area is 159 Å². The lowest BCUT2D eigenvalue weighted by Gasteiger charge is -2.18. The number of benzene rings is 1. The minimum absolute atomic E-state index is 0.0956. The fraction of sp³-hybridized carbons (Fsp3) is 0.444. The highest BCUT2D eigenvalue weighted by Crippen LogP contribution is 2.23. The number of nitrogens with zero attached hydrogens (tertiary/aromatic N) is 3. The molecule has 0 aliphatic rings. The molecule has 1 heterocycles. The van der Waals surface area contributed by atoms with E-state index in [0.717, 1.165) is 5.56 Å². The molecule has 0 bridgehead atoms. The number of hydrogen-bond donors (Lipinski definition) is 1. The highest BCUT2D eigenvalue weighted by molar-refractivity contribution is 7.89. The van der Waals surface area contributed by atoms with Gasteiger partial charge in [-0.15, -0.1) is 0 Å². The molecule has 1 amide bonds. The molecular weight excluding hydrogens is 371 g/mol. The van der Waals surface area contributed by atoms with Crippen molar-refractivity contribution in [3.8, 4) is 0 Å². The first-order chi connectivity index (χ1) is 12.7. The van der Waals surface area contributed by atoms with E-state index in [1.807, 2.05) is 0 Å². The molecule has 1 N–H and O–H groups in total. The lowest BCUT2D eigenvalue weighted by atomic mass is 10.2. The maximum atomic E-state index is 12.9. The average molecular weight is 396 g/mol. The molecule has 1 aromatic carbocycles. The number of nitrogens with one attached hydrogen (secondary N) is 1. The largest absolute Gasteiger partial charge is 0.350 e. The summed E-state index contributed by atoms with van der Waals surface area (Å²) in [5, 5.41) is 6.96. The smallest absolute Gasteiger partial charge is 0.246 e. The predicted molar refractivity (Wildman–Crippen MR) is 100 cm³/mol. The first kappa shape index (κ1) is 21.0. The van der Waals surface area contributed by atoms with Crippen LogP contribution >= 0.6 is 0 Å². The molecule has 0 aliphatic carbocycles. The van der Waals surface area contributed by atoms with E-state index in [9.17, 15) is 17.6 Å². The van der Waals surface area contributed by atoms with Gasteiger partial charge in [-0.05, 0) is 31.5 Å². The molecule has 0 saturated heterocycles. The predicted octanol–water partition coefficient (Wildman–Crippen LogP) is 1.99. The Hall–Kier alpha value is -2.26. The van der Waals surface area contributed by atoms with E-state index in [1.165, 1.54) is 21.1 Å². The summed E-state index contributed by atoms with van der Waals surface area (Å²) < 4.78 is 41.3. The van der Waals surface area contributed by atoms with E-state index in [2.05, 4.69) is 10.4 Å². The number of halogens is 1. The Kier molecular flexibility index (Phi) is 6.72. The molecule has 148 valence electrons. The molecule has 27 heavy (non-hydrogen) atoms. The van der Waals surface area contributed by atoms with Crippen LogP contribution in [-0.4, -0.2) is 41.5 Å². The van der Waals surface area contributed by atoms with Gasteiger partial charge >= 0.3 is 0 Å². The van der Waals surface area contributed by atoms with Crippen LogP contribution in [0.3, 0.4) is 0 Å². The van der Waals surface area contributed by atoms with Gasteiger partial charge in [-0.3, -0.25) is 9.48 Å². The van der Waals surface area contributed by atoms with Crippen LogP contribution in [0.15, 0.2) is 29.2 Å². The van der Waals surface area contributed by atoms with Crippen molar-refractivity contribution in [2.24, 2.45) is 0 Å². The number of carbonyl (C=O) groups excluding carboxylic acids is 1. The molecule has 0 unspecified atom stereocenters. The SMILES string of the molecule is CCN(CC)S(=O)(=O)c1c(C)nn(CC(=O)NCc2ccc(F)cc2)c1C. The monoisotopic (exact) mass is 396 g/mol. The van der Waals surface area contributed by atoms with Crippen molar-refractivity contribution in [3.05, 3.63) is 47.0 Å². The summed E-state index contributed by atoms with van der Waals surface area (Å²) in [7, 11) is -3.65. The molecule has 0 saturated carbocycles. The highest BCUT2D eigenvalue weighted by atomic mass is 32.2. The van der Waals surface area contributed by atoms with Crippen LogP contribution in [0.1, 0.15) is 30.8 Å². The van der Waals surface area contributed by atoms with Crippen LogP contribution in [0.5, 0.6) is 0 Å². The first-order valence-electron chi connectivity index (χ1n) is 8.76. The normalized spacial score (nSPS) is 11.8. The molecule has 0 spiro atoms. The molecule has 1 aromatic heterocycles. The molecule has 0 aliphatic heterocycles. The Morgan fingerprint density at radius 1 is 1.19 bits per heavy atom. The molecule has 7 nitrogen and oxygen atoms in total. The maximum absolute atomic E-state index is 12.9. The molecule has 2 rings (SSSR count). The third-order valence-corrected chi connectivity index (χ3v) is 6.62. The van der Waals surface area contributed by atoms with Crippen molar-refractivity contribution in [2.75, 3.05) is 13.1 Å². The third kappa shape index (κ3) is 4.72. The summed E-state index contributed by atoms with van der Waals surface area (Å²) in [6.45, 7) is 7.70. The topological polar surface area (TPSA) is 84.3 Å². The van der Waals surface area contributed by atoms with Crippen LogP contribution in [0.25, 0.3) is 0 Å². The first-order valence-corrected chi connectivity index (χ1v) is 10.2. The molecule has 9 heteroatoms.